The largest absolute Gasteiger partial charge is 0.621 e. The Bertz CT molecular complexity index is 711. The average molecular weight is 437 g/mol. The van der Waals surface area contributed by atoms with Gasteiger partial charge in [-0.1, -0.05) is 34.1 Å². The highest BCUT2D eigenvalue weighted by atomic mass is 79.9. The van der Waals surface area contributed by atoms with E-state index in [1.54, 1.807) is 0 Å². The van der Waals surface area contributed by atoms with E-state index in [2.05, 4.69) is 62.5 Å². The lowest BCUT2D eigenvalue weighted by molar-refractivity contribution is -0.630. The zero-order valence-corrected chi connectivity index (χ0v) is 19.1. The van der Waals surface area contributed by atoms with Crippen molar-refractivity contribution in [1.82, 2.24) is 5.06 Å². The highest BCUT2D eigenvalue weighted by Gasteiger charge is 2.59. The topological polar surface area (TPSA) is 38.5 Å². The summed E-state index contributed by atoms with van der Waals surface area (Å²) >= 11 is 3.62. The summed E-state index contributed by atoms with van der Waals surface area (Å²) in [6.45, 7) is 13.1. The van der Waals surface area contributed by atoms with Crippen molar-refractivity contribution in [3.63, 3.8) is 0 Å². The number of hydrogen-bond acceptors (Lipinski definition) is 3. The van der Waals surface area contributed by atoms with E-state index in [0.717, 1.165) is 28.9 Å². The minimum atomic E-state index is -0.944. The minimum absolute atomic E-state index is 0.114. The predicted molar refractivity (Wildman–Crippen MR) is 114 cm³/mol. The summed E-state index contributed by atoms with van der Waals surface area (Å²) in [5, 5.41) is 16.2. The fourth-order valence-electron chi connectivity index (χ4n) is 5.02. The van der Waals surface area contributed by atoms with Gasteiger partial charge in [-0.25, -0.2) is 4.84 Å². The van der Waals surface area contributed by atoms with Crippen molar-refractivity contribution in [2.24, 2.45) is 5.41 Å². The van der Waals surface area contributed by atoms with Crippen LogP contribution >= 0.6 is 15.9 Å². The maximum Gasteiger partial charge on any atom is 0.304 e. The Morgan fingerprint density at radius 3 is 2.11 bits per heavy atom. The fraction of sp³-hybridized carbons (Fsp3) is 0.682. The van der Waals surface area contributed by atoms with E-state index in [1.807, 2.05) is 30.3 Å². The van der Waals surface area contributed by atoms with Crippen molar-refractivity contribution in [3.05, 3.63) is 41.1 Å². The number of benzene rings is 1. The Morgan fingerprint density at radius 1 is 1.04 bits per heavy atom. The number of alkyl halides is 1. The van der Waals surface area contributed by atoms with Crippen LogP contribution in [-0.2, 0) is 4.84 Å². The number of nitrogens with zero attached hydrogens (tertiary/aromatic N) is 2. The third-order valence-corrected chi connectivity index (χ3v) is 7.00. The summed E-state index contributed by atoms with van der Waals surface area (Å²) in [5.41, 5.74) is 0.326. The Kier molecular flexibility index (Phi) is 5.28. The summed E-state index contributed by atoms with van der Waals surface area (Å²) in [4.78, 5) is 6.70. The Labute approximate surface area is 172 Å². The third-order valence-electron chi connectivity index (χ3n) is 6.13. The molecule has 0 bridgehead atoms. The van der Waals surface area contributed by atoms with Gasteiger partial charge in [0.1, 0.15) is 0 Å². The molecule has 0 amide bonds. The van der Waals surface area contributed by atoms with E-state index in [4.69, 9.17) is 4.84 Å². The second kappa shape index (κ2) is 6.85. The lowest BCUT2D eigenvalue weighted by Crippen LogP contribution is -2.62. The fourth-order valence-corrected chi connectivity index (χ4v) is 5.55. The van der Waals surface area contributed by atoms with E-state index in [1.165, 1.54) is 6.42 Å². The molecule has 1 fully saturated rings. The number of piperidine rings is 1. The molecular weight excluding hydrogens is 404 g/mol. The van der Waals surface area contributed by atoms with Gasteiger partial charge >= 0.3 is 5.72 Å². The summed E-state index contributed by atoms with van der Waals surface area (Å²) < 4.78 is 1.14. The molecule has 0 radical (unpaired) electrons. The predicted octanol–water partition coefficient (Wildman–Crippen LogP) is 5.48. The molecule has 0 N–H and O–H groups in total. The molecule has 1 atom stereocenters. The minimum Gasteiger partial charge on any atom is -0.621 e. The van der Waals surface area contributed by atoms with Crippen LogP contribution in [0.1, 0.15) is 72.8 Å². The van der Waals surface area contributed by atoms with Gasteiger partial charge in [0.2, 0.25) is 5.71 Å². The van der Waals surface area contributed by atoms with Gasteiger partial charge in [0.25, 0.3) is 0 Å². The van der Waals surface area contributed by atoms with Gasteiger partial charge < -0.3 is 5.21 Å². The Balaban J connectivity index is 2.06. The second-order valence-electron chi connectivity index (χ2n) is 10.0. The molecular formula is C22H33BrN2O2. The third kappa shape index (κ3) is 3.58. The molecule has 3 rings (SSSR count). The van der Waals surface area contributed by atoms with E-state index >= 15 is 0 Å². The Morgan fingerprint density at radius 2 is 1.59 bits per heavy atom. The van der Waals surface area contributed by atoms with Gasteiger partial charge in [0.05, 0.1) is 17.2 Å². The molecule has 2 aliphatic rings. The number of rotatable bonds is 4. The monoisotopic (exact) mass is 436 g/mol. The first-order valence-corrected chi connectivity index (χ1v) is 11.0. The van der Waals surface area contributed by atoms with Gasteiger partial charge in [-0.2, -0.15) is 9.80 Å². The lowest BCUT2D eigenvalue weighted by atomic mass is 9.80. The standard InChI is InChI=1S/C22H33BrN2O2/c1-19(2)15-22(16-23,24(26)18(19)17-11-8-7-9-12-17)27-25-20(3,4)13-10-14-21(25,5)6/h7-9,11-12H,10,13-16H2,1-6H3. The van der Waals surface area contributed by atoms with Crippen LogP contribution in [0.25, 0.3) is 0 Å². The quantitative estimate of drug-likeness (QED) is 0.356. The van der Waals surface area contributed by atoms with Gasteiger partial charge in [0, 0.05) is 16.6 Å². The van der Waals surface area contributed by atoms with Gasteiger partial charge in [-0.15, -0.1) is 0 Å². The van der Waals surface area contributed by atoms with Gasteiger partial charge in [-0.3, -0.25) is 0 Å². The lowest BCUT2D eigenvalue weighted by Gasteiger charge is -2.53. The highest BCUT2D eigenvalue weighted by Crippen LogP contribution is 2.47. The molecule has 1 aromatic carbocycles. The first-order chi connectivity index (χ1) is 12.5. The van der Waals surface area contributed by atoms with E-state index in [-0.39, 0.29) is 16.5 Å². The molecule has 2 heterocycles. The van der Waals surface area contributed by atoms with Crippen LogP contribution in [0.15, 0.2) is 30.3 Å². The van der Waals surface area contributed by atoms with Crippen LogP contribution < -0.4 is 0 Å². The van der Waals surface area contributed by atoms with Crippen molar-refractivity contribution >= 4 is 21.6 Å². The van der Waals surface area contributed by atoms with Crippen molar-refractivity contribution in [1.29, 1.82) is 0 Å². The van der Waals surface area contributed by atoms with Crippen LogP contribution in [0.4, 0.5) is 0 Å². The molecule has 0 aromatic heterocycles. The molecule has 0 aliphatic carbocycles. The zero-order chi connectivity index (χ0) is 20.1. The molecule has 27 heavy (non-hydrogen) atoms. The maximum absolute atomic E-state index is 13.7. The summed E-state index contributed by atoms with van der Waals surface area (Å²) in [5.74, 6) is 0. The summed E-state index contributed by atoms with van der Waals surface area (Å²) in [6, 6.07) is 9.98. The van der Waals surface area contributed by atoms with Crippen LogP contribution in [0.3, 0.4) is 0 Å². The van der Waals surface area contributed by atoms with Crippen molar-refractivity contribution in [2.75, 3.05) is 5.33 Å². The van der Waals surface area contributed by atoms with Crippen molar-refractivity contribution < 1.29 is 9.58 Å². The summed E-state index contributed by atoms with van der Waals surface area (Å²) in [7, 11) is 0. The number of hydrogen-bond donors (Lipinski definition) is 0. The number of hydroxylamine groups is 3. The van der Waals surface area contributed by atoms with Crippen molar-refractivity contribution in [2.45, 2.75) is 84.0 Å². The highest BCUT2D eigenvalue weighted by molar-refractivity contribution is 9.09. The van der Waals surface area contributed by atoms with Crippen LogP contribution in [0, 0.1) is 10.6 Å². The molecule has 4 nitrogen and oxygen atoms in total. The molecule has 1 saturated heterocycles. The SMILES string of the molecule is CC1(C)CC(CBr)(ON2C(C)(C)CCCC2(C)C)[N+]([O-])=C1c1ccccc1. The van der Waals surface area contributed by atoms with E-state index < -0.39 is 5.72 Å². The number of halogens is 1. The second-order valence-corrected chi connectivity index (χ2v) is 10.6. The maximum atomic E-state index is 13.7. The first kappa shape index (κ1) is 20.8. The van der Waals surface area contributed by atoms with E-state index in [0.29, 0.717) is 11.8 Å². The smallest absolute Gasteiger partial charge is 0.304 e. The van der Waals surface area contributed by atoms with Crippen LogP contribution in [0.5, 0.6) is 0 Å². The van der Waals surface area contributed by atoms with Crippen LogP contribution in [0.2, 0.25) is 0 Å². The Hall–Kier alpha value is -0.910. The molecule has 1 unspecified atom stereocenters. The molecule has 2 aliphatic heterocycles. The van der Waals surface area contributed by atoms with Gasteiger partial charge in [-0.05, 0) is 72.9 Å². The van der Waals surface area contributed by atoms with Crippen molar-refractivity contribution in [3.8, 4) is 0 Å². The molecule has 0 spiro atoms. The molecule has 150 valence electrons. The molecule has 5 heteroatoms. The molecule has 1 aromatic rings. The first-order valence-electron chi connectivity index (χ1n) is 9.91. The van der Waals surface area contributed by atoms with Crippen LogP contribution in [-0.4, -0.2) is 37.6 Å². The average Bonchev–Trinajstić information content (AvgIpc) is 2.77. The normalized spacial score (nSPS) is 29.9. The molecule has 0 saturated carbocycles. The van der Waals surface area contributed by atoms with Gasteiger partial charge in [0.15, 0.2) is 0 Å². The summed E-state index contributed by atoms with van der Waals surface area (Å²) in [6.07, 6.45) is 3.94. The zero-order valence-electron chi connectivity index (χ0n) is 17.5. The van der Waals surface area contributed by atoms with E-state index in [9.17, 15) is 5.21 Å².